The van der Waals surface area contributed by atoms with Crippen LogP contribution in [0.25, 0.3) is 0 Å². The Hall–Kier alpha value is -0.380. The summed E-state index contributed by atoms with van der Waals surface area (Å²) in [6.07, 6.45) is 1.23. The van der Waals surface area contributed by atoms with Crippen molar-refractivity contribution in [1.29, 1.82) is 0 Å². The second kappa shape index (κ2) is 7.06. The second-order valence-electron chi connectivity index (χ2n) is 6.83. The van der Waals surface area contributed by atoms with Crippen molar-refractivity contribution in [2.24, 2.45) is 11.8 Å². The van der Waals surface area contributed by atoms with Crippen LogP contribution in [0.4, 0.5) is 0 Å². The molecule has 114 valence electrons. The number of hydrogen-bond donors (Lipinski definition) is 1. The Balaban J connectivity index is 2.03. The monoisotopic (exact) mass is 294 g/mol. The summed E-state index contributed by atoms with van der Waals surface area (Å²) in [5.74, 6) is 1.42. The van der Waals surface area contributed by atoms with Gasteiger partial charge in [0.15, 0.2) is 0 Å². The van der Waals surface area contributed by atoms with Gasteiger partial charge in [-0.1, -0.05) is 27.7 Å². The third kappa shape index (κ3) is 3.63. The fourth-order valence-corrected chi connectivity index (χ4v) is 4.20. The molecule has 0 amide bonds. The maximum atomic E-state index is 3.66. The average Bonchev–Trinajstić information content (AvgIpc) is 2.84. The topological polar surface area (TPSA) is 15.3 Å². The molecule has 0 aromatic carbocycles. The highest BCUT2D eigenvalue weighted by Crippen LogP contribution is 2.35. The Bertz CT molecular complexity index is 411. The van der Waals surface area contributed by atoms with Crippen molar-refractivity contribution in [2.45, 2.75) is 53.1 Å². The molecule has 0 spiro atoms. The molecule has 1 N–H and O–H groups in total. The summed E-state index contributed by atoms with van der Waals surface area (Å²) in [5, 5.41) is 5.92. The van der Waals surface area contributed by atoms with Gasteiger partial charge in [0.1, 0.15) is 0 Å². The van der Waals surface area contributed by atoms with Gasteiger partial charge >= 0.3 is 0 Å². The predicted molar refractivity (Wildman–Crippen MR) is 89.5 cm³/mol. The molecule has 20 heavy (non-hydrogen) atoms. The molecule has 0 radical (unpaired) electrons. The van der Waals surface area contributed by atoms with E-state index in [0.717, 1.165) is 19.0 Å². The van der Waals surface area contributed by atoms with Gasteiger partial charge in [-0.15, -0.1) is 11.3 Å². The van der Waals surface area contributed by atoms with E-state index in [-0.39, 0.29) is 0 Å². The van der Waals surface area contributed by atoms with Crippen molar-refractivity contribution in [2.75, 3.05) is 19.6 Å². The van der Waals surface area contributed by atoms with Gasteiger partial charge in [-0.25, -0.2) is 0 Å². The highest BCUT2D eigenvalue weighted by molar-refractivity contribution is 7.10. The molecule has 2 unspecified atom stereocenters. The van der Waals surface area contributed by atoms with Crippen molar-refractivity contribution >= 4 is 11.3 Å². The van der Waals surface area contributed by atoms with Crippen molar-refractivity contribution in [3.8, 4) is 0 Å². The summed E-state index contributed by atoms with van der Waals surface area (Å²) in [6, 6.07) is 3.53. The van der Waals surface area contributed by atoms with Crippen LogP contribution in [0.1, 0.15) is 51.1 Å². The minimum Gasteiger partial charge on any atom is -0.315 e. The van der Waals surface area contributed by atoms with Gasteiger partial charge in [0, 0.05) is 30.1 Å². The molecule has 0 fully saturated rings. The fraction of sp³-hybridized carbons (Fsp3) is 0.765. The lowest BCUT2D eigenvalue weighted by Gasteiger charge is -2.42. The fourth-order valence-electron chi connectivity index (χ4n) is 3.24. The Labute approximate surface area is 128 Å². The number of nitrogens with one attached hydrogen (secondary N) is 1. The Kier molecular flexibility index (Phi) is 5.65. The summed E-state index contributed by atoms with van der Waals surface area (Å²) in [4.78, 5) is 4.32. The van der Waals surface area contributed by atoms with Crippen molar-refractivity contribution < 1.29 is 0 Å². The lowest BCUT2D eigenvalue weighted by atomic mass is 9.94. The van der Waals surface area contributed by atoms with Crippen LogP contribution in [0.5, 0.6) is 0 Å². The molecule has 0 aliphatic carbocycles. The van der Waals surface area contributed by atoms with Crippen LogP contribution in [0.2, 0.25) is 0 Å². The molecule has 1 aliphatic heterocycles. The van der Waals surface area contributed by atoms with Crippen LogP contribution < -0.4 is 5.32 Å². The van der Waals surface area contributed by atoms with Crippen LogP contribution in [0, 0.1) is 11.8 Å². The summed E-state index contributed by atoms with van der Waals surface area (Å²) in [5.41, 5.74) is 1.57. The van der Waals surface area contributed by atoms with Crippen LogP contribution in [0.15, 0.2) is 11.4 Å². The van der Waals surface area contributed by atoms with Gasteiger partial charge in [0.05, 0.1) is 0 Å². The first-order valence-electron chi connectivity index (χ1n) is 8.03. The van der Waals surface area contributed by atoms with Gasteiger partial charge in [-0.3, -0.25) is 4.90 Å². The zero-order chi connectivity index (χ0) is 14.7. The smallest absolute Gasteiger partial charge is 0.0334 e. The van der Waals surface area contributed by atoms with E-state index in [4.69, 9.17) is 0 Å². The third-order valence-corrected chi connectivity index (χ3v) is 5.42. The van der Waals surface area contributed by atoms with E-state index in [1.165, 1.54) is 13.0 Å². The molecular weight excluding hydrogens is 264 g/mol. The van der Waals surface area contributed by atoms with Crippen molar-refractivity contribution in [1.82, 2.24) is 10.2 Å². The van der Waals surface area contributed by atoms with E-state index >= 15 is 0 Å². The summed E-state index contributed by atoms with van der Waals surface area (Å²) in [6.45, 7) is 15.1. The first-order valence-corrected chi connectivity index (χ1v) is 8.91. The molecule has 2 nitrogen and oxygen atoms in total. The number of thiophene rings is 1. The summed E-state index contributed by atoms with van der Waals surface area (Å²) in [7, 11) is 0. The maximum absolute atomic E-state index is 3.66. The number of nitrogens with zero attached hydrogens (tertiary/aromatic N) is 1. The lowest BCUT2D eigenvalue weighted by molar-refractivity contribution is 0.100. The first kappa shape index (κ1) is 16.0. The second-order valence-corrected chi connectivity index (χ2v) is 7.83. The average molecular weight is 295 g/mol. The predicted octanol–water partition coefficient (Wildman–Crippen LogP) is 3.94. The zero-order valence-electron chi connectivity index (χ0n) is 13.6. The molecule has 0 bridgehead atoms. The first-order chi connectivity index (χ1) is 9.50. The normalized spacial score (nSPS) is 21.4. The minimum atomic E-state index is 0.568. The maximum Gasteiger partial charge on any atom is 0.0334 e. The Morgan fingerprint density at radius 1 is 1.30 bits per heavy atom. The van der Waals surface area contributed by atoms with Gasteiger partial charge in [0.2, 0.25) is 0 Å². The van der Waals surface area contributed by atoms with E-state index in [9.17, 15) is 0 Å². The van der Waals surface area contributed by atoms with Gasteiger partial charge in [-0.2, -0.15) is 0 Å². The van der Waals surface area contributed by atoms with Crippen LogP contribution in [-0.4, -0.2) is 30.6 Å². The SMILES string of the molecule is CC(C)CNCC(C(C)C)N1CCc2sccc2C1C. The molecule has 1 aromatic rings. The molecule has 1 aliphatic rings. The molecule has 2 heterocycles. The van der Waals surface area contributed by atoms with Crippen LogP contribution >= 0.6 is 11.3 Å². The summed E-state index contributed by atoms with van der Waals surface area (Å²) < 4.78 is 0. The van der Waals surface area contributed by atoms with E-state index in [2.05, 4.69) is 56.3 Å². The number of rotatable bonds is 6. The van der Waals surface area contributed by atoms with Gasteiger partial charge in [0.25, 0.3) is 0 Å². The molecule has 1 aromatic heterocycles. The molecule has 0 saturated carbocycles. The molecule has 3 heteroatoms. The van der Waals surface area contributed by atoms with Crippen molar-refractivity contribution in [3.05, 3.63) is 21.9 Å². The summed E-state index contributed by atoms with van der Waals surface area (Å²) >= 11 is 1.93. The largest absolute Gasteiger partial charge is 0.315 e. The number of hydrogen-bond acceptors (Lipinski definition) is 3. The third-order valence-electron chi connectivity index (χ3n) is 4.43. The Morgan fingerprint density at radius 2 is 2.05 bits per heavy atom. The van der Waals surface area contributed by atoms with Crippen LogP contribution in [-0.2, 0) is 6.42 Å². The molecular formula is C17H30N2S. The van der Waals surface area contributed by atoms with Crippen LogP contribution in [0.3, 0.4) is 0 Å². The Morgan fingerprint density at radius 3 is 2.70 bits per heavy atom. The van der Waals surface area contributed by atoms with E-state index in [1.54, 1.807) is 10.4 Å². The standard InChI is InChI=1S/C17H30N2S/c1-12(2)10-18-11-16(13(3)4)19-8-6-17-15(14(19)5)7-9-20-17/h7,9,12-14,16,18H,6,8,10-11H2,1-5H3. The highest BCUT2D eigenvalue weighted by Gasteiger charge is 2.31. The van der Waals surface area contributed by atoms with Crippen molar-refractivity contribution in [3.63, 3.8) is 0 Å². The zero-order valence-corrected chi connectivity index (χ0v) is 14.5. The molecule has 0 saturated heterocycles. The highest BCUT2D eigenvalue weighted by atomic mass is 32.1. The van der Waals surface area contributed by atoms with E-state index < -0.39 is 0 Å². The number of fused-ring (bicyclic) bond motifs is 1. The molecule has 2 rings (SSSR count). The lowest BCUT2D eigenvalue weighted by Crippen LogP contribution is -2.49. The van der Waals surface area contributed by atoms with Gasteiger partial charge in [-0.05, 0) is 48.7 Å². The van der Waals surface area contributed by atoms with Gasteiger partial charge < -0.3 is 5.32 Å². The van der Waals surface area contributed by atoms with E-state index in [0.29, 0.717) is 18.0 Å². The minimum absolute atomic E-state index is 0.568. The molecule has 2 atom stereocenters. The quantitative estimate of drug-likeness (QED) is 0.855. The van der Waals surface area contributed by atoms with E-state index in [1.807, 2.05) is 11.3 Å².